The fourth-order valence-electron chi connectivity index (χ4n) is 2.15. The fourth-order valence-corrected chi connectivity index (χ4v) is 3.25. The zero-order valence-corrected chi connectivity index (χ0v) is 10.2. The van der Waals surface area contributed by atoms with E-state index in [1.54, 1.807) is 0 Å². The maximum Gasteiger partial charge on any atom is 0.0390 e. The first-order valence-electron chi connectivity index (χ1n) is 6.07. The zero-order valence-electron chi connectivity index (χ0n) is 9.36. The highest BCUT2D eigenvalue weighted by Gasteiger charge is 2.22. The molecular weight excluding hydrogens is 214 g/mol. The minimum atomic E-state index is 0.248. The highest BCUT2D eigenvalue weighted by molar-refractivity contribution is 7.19. The van der Waals surface area contributed by atoms with Crippen LogP contribution in [-0.2, 0) is 0 Å². The van der Waals surface area contributed by atoms with E-state index in [1.165, 1.54) is 34.2 Å². The third-order valence-electron chi connectivity index (χ3n) is 3.39. The number of rotatable bonds is 4. The Balaban J connectivity index is 1.76. The second-order valence-electron chi connectivity index (χ2n) is 4.81. The molecule has 1 aromatic heterocycles. The molecule has 0 spiro atoms. The standard InChI is InChI=1S/C14H17NS/c15-12(8-7-10-5-6-10)14-9-11-3-1-2-4-13(11)16-14/h1-4,9-10,12H,5-8,15H2. The van der Waals surface area contributed by atoms with Crippen molar-refractivity contribution in [3.63, 3.8) is 0 Å². The number of benzene rings is 1. The first kappa shape index (κ1) is 10.3. The summed E-state index contributed by atoms with van der Waals surface area (Å²) in [5, 5.41) is 1.34. The van der Waals surface area contributed by atoms with Crippen molar-refractivity contribution in [1.29, 1.82) is 0 Å². The van der Waals surface area contributed by atoms with Crippen molar-refractivity contribution in [2.45, 2.75) is 31.7 Å². The third kappa shape index (κ3) is 2.13. The fraction of sp³-hybridized carbons (Fsp3) is 0.429. The largest absolute Gasteiger partial charge is 0.323 e. The van der Waals surface area contributed by atoms with Crippen molar-refractivity contribution in [1.82, 2.24) is 0 Å². The summed E-state index contributed by atoms with van der Waals surface area (Å²) in [6.07, 6.45) is 5.32. The van der Waals surface area contributed by atoms with Gasteiger partial charge in [0.25, 0.3) is 0 Å². The molecule has 3 rings (SSSR count). The first-order valence-corrected chi connectivity index (χ1v) is 6.88. The molecule has 2 aromatic rings. The summed E-state index contributed by atoms with van der Waals surface area (Å²) in [7, 11) is 0. The minimum absolute atomic E-state index is 0.248. The monoisotopic (exact) mass is 231 g/mol. The molecule has 1 aromatic carbocycles. The lowest BCUT2D eigenvalue weighted by Gasteiger charge is -2.07. The van der Waals surface area contributed by atoms with Crippen LogP contribution >= 0.6 is 11.3 Å². The molecule has 1 unspecified atom stereocenters. The van der Waals surface area contributed by atoms with E-state index >= 15 is 0 Å². The summed E-state index contributed by atoms with van der Waals surface area (Å²) in [5.74, 6) is 0.987. The number of fused-ring (bicyclic) bond motifs is 1. The van der Waals surface area contributed by atoms with Crippen LogP contribution in [0.15, 0.2) is 30.3 Å². The molecule has 1 heterocycles. The van der Waals surface area contributed by atoms with Crippen LogP contribution in [-0.4, -0.2) is 0 Å². The van der Waals surface area contributed by atoms with Gasteiger partial charge in [-0.25, -0.2) is 0 Å². The molecule has 1 saturated carbocycles. The predicted octanol–water partition coefficient (Wildman–Crippen LogP) is 4.09. The van der Waals surface area contributed by atoms with Gasteiger partial charge in [-0.3, -0.25) is 0 Å². The van der Waals surface area contributed by atoms with Gasteiger partial charge in [0.05, 0.1) is 0 Å². The molecule has 1 atom stereocenters. The number of hydrogen-bond donors (Lipinski definition) is 1. The lowest BCUT2D eigenvalue weighted by molar-refractivity contribution is 0.582. The van der Waals surface area contributed by atoms with Crippen LogP contribution in [0.25, 0.3) is 10.1 Å². The van der Waals surface area contributed by atoms with Crippen LogP contribution in [0.4, 0.5) is 0 Å². The van der Waals surface area contributed by atoms with Gasteiger partial charge in [-0.05, 0) is 36.3 Å². The molecular formula is C14H17NS. The normalized spacial score (nSPS) is 17.8. The zero-order chi connectivity index (χ0) is 11.0. The van der Waals surface area contributed by atoms with E-state index in [4.69, 9.17) is 5.73 Å². The summed E-state index contributed by atoms with van der Waals surface area (Å²) < 4.78 is 1.36. The van der Waals surface area contributed by atoms with Crippen molar-refractivity contribution in [2.75, 3.05) is 0 Å². The lowest BCUT2D eigenvalue weighted by atomic mass is 10.1. The molecule has 1 aliphatic carbocycles. The van der Waals surface area contributed by atoms with Gasteiger partial charge in [0, 0.05) is 15.6 Å². The molecule has 2 heteroatoms. The Morgan fingerprint density at radius 2 is 2.12 bits per heavy atom. The Morgan fingerprint density at radius 1 is 1.31 bits per heavy atom. The second kappa shape index (κ2) is 4.19. The Hall–Kier alpha value is -0.860. The maximum atomic E-state index is 6.25. The molecule has 0 aliphatic heterocycles. The van der Waals surface area contributed by atoms with Crippen LogP contribution in [0, 0.1) is 5.92 Å². The van der Waals surface area contributed by atoms with Crippen molar-refractivity contribution >= 4 is 21.4 Å². The van der Waals surface area contributed by atoms with Crippen LogP contribution < -0.4 is 5.73 Å². The van der Waals surface area contributed by atoms with Gasteiger partial charge >= 0.3 is 0 Å². The van der Waals surface area contributed by atoms with Crippen molar-refractivity contribution in [2.24, 2.45) is 11.7 Å². The van der Waals surface area contributed by atoms with Gasteiger partial charge in [-0.1, -0.05) is 31.0 Å². The Morgan fingerprint density at radius 3 is 2.88 bits per heavy atom. The van der Waals surface area contributed by atoms with Gasteiger partial charge < -0.3 is 5.73 Å². The summed E-state index contributed by atoms with van der Waals surface area (Å²) in [5.41, 5.74) is 6.25. The molecule has 0 radical (unpaired) electrons. The van der Waals surface area contributed by atoms with E-state index in [-0.39, 0.29) is 6.04 Å². The van der Waals surface area contributed by atoms with E-state index in [2.05, 4.69) is 30.3 Å². The van der Waals surface area contributed by atoms with Crippen molar-refractivity contribution in [3.05, 3.63) is 35.2 Å². The molecule has 2 N–H and O–H groups in total. The van der Waals surface area contributed by atoms with Crippen LogP contribution in [0.2, 0.25) is 0 Å². The molecule has 1 fully saturated rings. The molecule has 1 aliphatic rings. The summed E-state index contributed by atoms with van der Waals surface area (Å²) >= 11 is 1.85. The average Bonchev–Trinajstić information content (AvgIpc) is 3.02. The van der Waals surface area contributed by atoms with Gasteiger partial charge in [0.2, 0.25) is 0 Å². The van der Waals surface area contributed by atoms with Crippen molar-refractivity contribution < 1.29 is 0 Å². The number of nitrogens with two attached hydrogens (primary N) is 1. The van der Waals surface area contributed by atoms with Crippen LogP contribution in [0.5, 0.6) is 0 Å². The summed E-state index contributed by atoms with van der Waals surface area (Å²) in [4.78, 5) is 1.35. The minimum Gasteiger partial charge on any atom is -0.323 e. The van der Waals surface area contributed by atoms with Gasteiger partial charge in [0.15, 0.2) is 0 Å². The Bertz CT molecular complexity index is 451. The maximum absolute atomic E-state index is 6.25. The van der Waals surface area contributed by atoms with E-state index in [0.717, 1.165) is 12.3 Å². The smallest absolute Gasteiger partial charge is 0.0390 e. The van der Waals surface area contributed by atoms with Gasteiger partial charge in [-0.2, -0.15) is 0 Å². The second-order valence-corrected chi connectivity index (χ2v) is 5.93. The van der Waals surface area contributed by atoms with E-state index in [0.29, 0.717) is 0 Å². The third-order valence-corrected chi connectivity index (χ3v) is 4.64. The predicted molar refractivity (Wildman–Crippen MR) is 70.7 cm³/mol. The quantitative estimate of drug-likeness (QED) is 0.842. The van der Waals surface area contributed by atoms with Crippen LogP contribution in [0.1, 0.15) is 36.6 Å². The molecule has 16 heavy (non-hydrogen) atoms. The average molecular weight is 231 g/mol. The molecule has 84 valence electrons. The van der Waals surface area contributed by atoms with Gasteiger partial charge in [-0.15, -0.1) is 11.3 Å². The molecule has 0 amide bonds. The molecule has 1 nitrogen and oxygen atoms in total. The highest BCUT2D eigenvalue weighted by atomic mass is 32.1. The summed E-state index contributed by atoms with van der Waals surface area (Å²) in [6, 6.07) is 11.0. The molecule has 0 saturated heterocycles. The lowest BCUT2D eigenvalue weighted by Crippen LogP contribution is -2.08. The van der Waals surface area contributed by atoms with Gasteiger partial charge in [0.1, 0.15) is 0 Å². The first-order chi connectivity index (χ1) is 7.83. The van der Waals surface area contributed by atoms with Crippen molar-refractivity contribution in [3.8, 4) is 0 Å². The summed E-state index contributed by atoms with van der Waals surface area (Å²) in [6.45, 7) is 0. The molecule has 0 bridgehead atoms. The van der Waals surface area contributed by atoms with E-state index < -0.39 is 0 Å². The van der Waals surface area contributed by atoms with E-state index in [1.807, 2.05) is 11.3 Å². The Kier molecular flexibility index (Phi) is 2.70. The highest BCUT2D eigenvalue weighted by Crippen LogP contribution is 2.37. The number of hydrogen-bond acceptors (Lipinski definition) is 2. The number of thiophene rings is 1. The SMILES string of the molecule is NC(CCC1CC1)c1cc2ccccc2s1. The van der Waals surface area contributed by atoms with E-state index in [9.17, 15) is 0 Å². The topological polar surface area (TPSA) is 26.0 Å². The van der Waals surface area contributed by atoms with Crippen LogP contribution in [0.3, 0.4) is 0 Å². The Labute approximate surface area is 100 Å².